The van der Waals surface area contributed by atoms with Gasteiger partial charge in [0.15, 0.2) is 0 Å². The van der Waals surface area contributed by atoms with E-state index in [1.807, 2.05) is 25.1 Å². The molecular weight excluding hydrogens is 459 g/mol. The third kappa shape index (κ3) is 6.29. The van der Waals surface area contributed by atoms with Crippen molar-refractivity contribution in [1.29, 1.82) is 5.26 Å². The molecule has 1 amide bonds. The van der Waals surface area contributed by atoms with Crippen LogP contribution in [0.4, 0.5) is 5.69 Å². The maximum absolute atomic E-state index is 12.7. The first-order valence-corrected chi connectivity index (χ1v) is 10.8. The van der Waals surface area contributed by atoms with Gasteiger partial charge in [-0.1, -0.05) is 41.4 Å². The van der Waals surface area contributed by atoms with Gasteiger partial charge in [-0.05, 0) is 66.9 Å². The molecule has 0 aromatic heterocycles. The van der Waals surface area contributed by atoms with Gasteiger partial charge in [-0.15, -0.1) is 0 Å². The lowest BCUT2D eigenvalue weighted by atomic mass is 10.1. The van der Waals surface area contributed by atoms with Crippen LogP contribution < -0.4 is 14.8 Å². The highest BCUT2D eigenvalue weighted by Gasteiger charge is 2.13. The zero-order chi connectivity index (χ0) is 24.0. The van der Waals surface area contributed by atoms with Crippen molar-refractivity contribution >= 4 is 40.9 Å². The van der Waals surface area contributed by atoms with Crippen LogP contribution in [0.2, 0.25) is 10.0 Å². The lowest BCUT2D eigenvalue weighted by Gasteiger charge is -2.13. The van der Waals surface area contributed by atoms with Crippen LogP contribution in [0.25, 0.3) is 6.08 Å². The minimum atomic E-state index is -0.577. The second-order valence-electron chi connectivity index (χ2n) is 7.36. The molecule has 0 aliphatic carbocycles. The van der Waals surface area contributed by atoms with E-state index in [1.165, 1.54) is 23.3 Å². The van der Waals surface area contributed by atoms with Crippen LogP contribution in [-0.4, -0.2) is 13.0 Å². The molecule has 5 nitrogen and oxygen atoms in total. The molecule has 0 radical (unpaired) electrons. The Morgan fingerprint density at radius 2 is 1.82 bits per heavy atom. The lowest BCUT2D eigenvalue weighted by Crippen LogP contribution is -2.13. The van der Waals surface area contributed by atoms with Crippen LogP contribution in [-0.2, 0) is 11.4 Å². The molecular formula is C26H22Cl2N2O3. The molecule has 0 unspecified atom stereocenters. The number of rotatable bonds is 7. The molecule has 7 heteroatoms. The largest absolute Gasteiger partial charge is 0.497 e. The monoisotopic (exact) mass is 480 g/mol. The van der Waals surface area contributed by atoms with Crippen molar-refractivity contribution in [3.63, 3.8) is 0 Å². The quantitative estimate of drug-likeness (QED) is 0.300. The number of methoxy groups -OCH3 is 1. The predicted octanol–water partition coefficient (Wildman–Crippen LogP) is 6.74. The van der Waals surface area contributed by atoms with Crippen molar-refractivity contribution in [3.8, 4) is 17.6 Å². The van der Waals surface area contributed by atoms with E-state index >= 15 is 0 Å². The standard InChI is InChI=1S/C26H22Cl2N2O3/c1-16-4-5-18(10-17(16)2)15-33-25-13-22(32-3)8-6-19(25)11-20(14-29)26(31)30-21-7-9-23(27)24(28)12-21/h4-13H,15H2,1-3H3,(H,30,31)/b20-11+. The van der Waals surface area contributed by atoms with Gasteiger partial charge in [0.2, 0.25) is 0 Å². The van der Waals surface area contributed by atoms with E-state index in [2.05, 4.69) is 18.3 Å². The van der Waals surface area contributed by atoms with Crippen LogP contribution in [0.15, 0.2) is 60.2 Å². The summed E-state index contributed by atoms with van der Waals surface area (Å²) >= 11 is 11.9. The zero-order valence-corrected chi connectivity index (χ0v) is 19.9. The number of ether oxygens (including phenoxy) is 2. The molecule has 3 aromatic carbocycles. The molecule has 3 aromatic rings. The van der Waals surface area contributed by atoms with Gasteiger partial charge in [-0.3, -0.25) is 4.79 Å². The third-order valence-electron chi connectivity index (χ3n) is 5.03. The first kappa shape index (κ1) is 24.2. The van der Waals surface area contributed by atoms with E-state index in [-0.39, 0.29) is 5.57 Å². The van der Waals surface area contributed by atoms with Crippen LogP contribution in [0, 0.1) is 25.2 Å². The van der Waals surface area contributed by atoms with E-state index in [0.717, 1.165) is 5.56 Å². The Morgan fingerprint density at radius 1 is 1.03 bits per heavy atom. The molecule has 0 fully saturated rings. The average Bonchev–Trinajstić information content (AvgIpc) is 2.80. The lowest BCUT2D eigenvalue weighted by molar-refractivity contribution is -0.112. The Bertz CT molecular complexity index is 1260. The number of hydrogen-bond donors (Lipinski definition) is 1. The predicted molar refractivity (Wildman–Crippen MR) is 132 cm³/mol. The number of amides is 1. The van der Waals surface area contributed by atoms with Gasteiger partial charge in [0.05, 0.1) is 17.2 Å². The second kappa shape index (κ2) is 10.9. The third-order valence-corrected chi connectivity index (χ3v) is 5.77. The summed E-state index contributed by atoms with van der Waals surface area (Å²) in [7, 11) is 1.56. The number of hydrogen-bond acceptors (Lipinski definition) is 4. The van der Waals surface area contributed by atoms with E-state index in [1.54, 1.807) is 37.4 Å². The van der Waals surface area contributed by atoms with Crippen molar-refractivity contribution in [2.24, 2.45) is 0 Å². The summed E-state index contributed by atoms with van der Waals surface area (Å²) in [4.78, 5) is 12.7. The summed E-state index contributed by atoms with van der Waals surface area (Å²) in [6.45, 7) is 4.42. The summed E-state index contributed by atoms with van der Waals surface area (Å²) in [5.41, 5.74) is 4.29. The molecule has 0 atom stereocenters. The molecule has 0 aliphatic heterocycles. The van der Waals surface area contributed by atoms with E-state index < -0.39 is 5.91 Å². The van der Waals surface area contributed by atoms with Gasteiger partial charge in [0.25, 0.3) is 5.91 Å². The van der Waals surface area contributed by atoms with Crippen molar-refractivity contribution in [2.75, 3.05) is 12.4 Å². The minimum absolute atomic E-state index is 0.0951. The number of nitrogens with zero attached hydrogens (tertiary/aromatic N) is 1. The number of halogens is 2. The average molecular weight is 481 g/mol. The van der Waals surface area contributed by atoms with Gasteiger partial charge in [0.1, 0.15) is 29.7 Å². The van der Waals surface area contributed by atoms with Crippen LogP contribution in [0.1, 0.15) is 22.3 Å². The van der Waals surface area contributed by atoms with Gasteiger partial charge < -0.3 is 14.8 Å². The Hall–Kier alpha value is -3.46. The molecule has 1 N–H and O–H groups in total. The number of benzene rings is 3. The smallest absolute Gasteiger partial charge is 0.266 e. The Morgan fingerprint density at radius 3 is 2.48 bits per heavy atom. The van der Waals surface area contributed by atoms with Crippen molar-refractivity contribution in [1.82, 2.24) is 0 Å². The van der Waals surface area contributed by atoms with E-state index in [9.17, 15) is 10.1 Å². The highest BCUT2D eigenvalue weighted by atomic mass is 35.5. The highest BCUT2D eigenvalue weighted by molar-refractivity contribution is 6.42. The molecule has 0 bridgehead atoms. The normalized spacial score (nSPS) is 11.0. The Balaban J connectivity index is 1.86. The molecule has 0 heterocycles. The fourth-order valence-corrected chi connectivity index (χ4v) is 3.31. The van der Waals surface area contributed by atoms with Crippen LogP contribution in [0.3, 0.4) is 0 Å². The van der Waals surface area contributed by atoms with Gasteiger partial charge in [-0.2, -0.15) is 5.26 Å². The number of carbonyl (C=O) groups excluding carboxylic acids is 1. The fraction of sp³-hybridized carbons (Fsp3) is 0.154. The molecule has 0 aliphatic rings. The summed E-state index contributed by atoms with van der Waals surface area (Å²) in [5.74, 6) is 0.510. The number of anilines is 1. The fourth-order valence-electron chi connectivity index (χ4n) is 3.02. The maximum atomic E-state index is 12.7. The number of carbonyl (C=O) groups is 1. The SMILES string of the molecule is COc1ccc(/C=C(\C#N)C(=O)Nc2ccc(Cl)c(Cl)c2)c(OCc2ccc(C)c(C)c2)c1. The summed E-state index contributed by atoms with van der Waals surface area (Å²) < 4.78 is 11.3. The molecule has 0 spiro atoms. The topological polar surface area (TPSA) is 71.3 Å². The van der Waals surface area contributed by atoms with Gasteiger partial charge in [-0.25, -0.2) is 0 Å². The maximum Gasteiger partial charge on any atom is 0.266 e. The van der Waals surface area contributed by atoms with Crippen molar-refractivity contribution in [3.05, 3.63) is 92.5 Å². The van der Waals surface area contributed by atoms with E-state index in [0.29, 0.717) is 39.4 Å². The summed E-state index contributed by atoms with van der Waals surface area (Å²) in [6.07, 6.45) is 1.47. The molecule has 33 heavy (non-hydrogen) atoms. The summed E-state index contributed by atoms with van der Waals surface area (Å²) in [6, 6.07) is 17.9. The van der Waals surface area contributed by atoms with E-state index in [4.69, 9.17) is 32.7 Å². The molecule has 168 valence electrons. The van der Waals surface area contributed by atoms with Crippen LogP contribution in [0.5, 0.6) is 11.5 Å². The van der Waals surface area contributed by atoms with Crippen LogP contribution >= 0.6 is 23.2 Å². The number of aryl methyl sites for hydroxylation is 2. The first-order valence-electron chi connectivity index (χ1n) is 10.1. The number of nitriles is 1. The second-order valence-corrected chi connectivity index (χ2v) is 8.18. The Labute approximate surface area is 203 Å². The molecule has 3 rings (SSSR count). The first-order chi connectivity index (χ1) is 15.8. The van der Waals surface area contributed by atoms with Gasteiger partial charge >= 0.3 is 0 Å². The summed E-state index contributed by atoms with van der Waals surface area (Å²) in [5, 5.41) is 12.9. The van der Waals surface area contributed by atoms with Gasteiger partial charge in [0, 0.05) is 17.3 Å². The zero-order valence-electron chi connectivity index (χ0n) is 18.4. The number of nitrogens with one attached hydrogen (secondary N) is 1. The van der Waals surface area contributed by atoms with Crippen molar-refractivity contribution < 1.29 is 14.3 Å². The highest BCUT2D eigenvalue weighted by Crippen LogP contribution is 2.29. The molecule has 0 saturated carbocycles. The Kier molecular flexibility index (Phi) is 8.00. The minimum Gasteiger partial charge on any atom is -0.497 e. The molecule has 0 saturated heterocycles. The van der Waals surface area contributed by atoms with Crippen molar-refractivity contribution in [2.45, 2.75) is 20.5 Å².